The molecule has 2 heterocycles. The first kappa shape index (κ1) is 33.3. The van der Waals surface area contributed by atoms with E-state index in [9.17, 15) is 29.2 Å². The number of hydrogen-bond acceptors (Lipinski definition) is 13. The third kappa shape index (κ3) is 9.36. The zero-order chi connectivity index (χ0) is 28.7. The molecule has 0 spiro atoms. The number of aromatic amines is 1. The Hall–Kier alpha value is -0.870. The molecule has 1 aromatic rings. The Bertz CT molecular complexity index is 1090. The number of rotatable bonds is 14. The number of thioether (sulfide) groups is 2. The lowest BCUT2D eigenvalue weighted by atomic mass is 9.96. The van der Waals surface area contributed by atoms with Crippen molar-refractivity contribution in [1.82, 2.24) is 9.55 Å². The van der Waals surface area contributed by atoms with Crippen LogP contribution < -0.4 is 5.56 Å². The van der Waals surface area contributed by atoms with E-state index in [2.05, 4.69) is 4.98 Å². The van der Waals surface area contributed by atoms with Crippen LogP contribution in [0.2, 0.25) is 0 Å². The van der Waals surface area contributed by atoms with Crippen molar-refractivity contribution in [2.75, 3.05) is 31.3 Å². The fourth-order valence-electron chi connectivity index (χ4n) is 3.18. The molecule has 216 valence electrons. The van der Waals surface area contributed by atoms with Gasteiger partial charge < -0.3 is 14.9 Å². The Morgan fingerprint density at radius 3 is 2.16 bits per heavy atom. The van der Waals surface area contributed by atoms with Gasteiger partial charge in [0, 0.05) is 35.6 Å². The van der Waals surface area contributed by atoms with E-state index in [1.165, 1.54) is 23.8 Å². The third-order valence-corrected chi connectivity index (χ3v) is 9.38. The molecule has 4 atom stereocenters. The molecule has 1 saturated heterocycles. The lowest BCUT2D eigenvalue weighted by Gasteiger charge is -2.28. The molecule has 1 aliphatic heterocycles. The zero-order valence-electron chi connectivity index (χ0n) is 21.9. The van der Waals surface area contributed by atoms with E-state index >= 15 is 0 Å². The number of phosphoric ester groups is 1. The van der Waals surface area contributed by atoms with Gasteiger partial charge in [-0.1, -0.05) is 51.2 Å². The number of carbonyl (C=O) groups is 2. The Balaban J connectivity index is 2.07. The van der Waals surface area contributed by atoms with E-state index in [0.29, 0.717) is 0 Å². The van der Waals surface area contributed by atoms with Crippen LogP contribution in [0.3, 0.4) is 0 Å². The minimum Gasteiger partial charge on any atom is -0.387 e. The van der Waals surface area contributed by atoms with Crippen molar-refractivity contribution in [2.24, 2.45) is 11.8 Å². The number of H-pyrrole nitrogens is 1. The number of hydrogen-bond donors (Lipinski definition) is 3. The maximum atomic E-state index is 13.3. The molecule has 0 amide bonds. The molecule has 1 fully saturated rings. The number of nitrogens with zero attached hydrogens (tertiary/aromatic N) is 1. The quantitative estimate of drug-likeness (QED) is 0.159. The normalized spacial score (nSPS) is 23.9. The molecule has 0 aromatic carbocycles. The molecule has 1 unspecified atom stereocenters. The summed E-state index contributed by atoms with van der Waals surface area (Å²) in [4.78, 5) is 37.6. The van der Waals surface area contributed by atoms with Crippen LogP contribution in [0.4, 0.5) is 0 Å². The van der Waals surface area contributed by atoms with Gasteiger partial charge in [-0.3, -0.25) is 37.5 Å². The summed E-state index contributed by atoms with van der Waals surface area (Å²) >= 11 is 7.18. The molecule has 0 radical (unpaired) electrons. The van der Waals surface area contributed by atoms with E-state index in [4.69, 9.17) is 30.5 Å². The van der Waals surface area contributed by atoms with Crippen LogP contribution in [-0.2, 0) is 32.5 Å². The number of aliphatic hydroxyl groups is 2. The monoisotopic (exact) mass is 614 g/mol. The number of aliphatic hydroxyl groups excluding tert-OH is 1. The molecule has 0 bridgehead atoms. The van der Waals surface area contributed by atoms with Gasteiger partial charge in [-0.15, -0.1) is 0 Å². The Morgan fingerprint density at radius 1 is 1.16 bits per heavy atom. The van der Waals surface area contributed by atoms with Gasteiger partial charge in [0.05, 0.1) is 19.8 Å². The van der Waals surface area contributed by atoms with Gasteiger partial charge in [0.2, 0.25) is 0 Å². The molecule has 0 saturated carbocycles. The molecule has 1 aromatic heterocycles. The molecule has 2 rings (SSSR count). The number of phosphoric acid groups is 1. The smallest absolute Gasteiger partial charge is 0.387 e. The summed E-state index contributed by atoms with van der Waals surface area (Å²) in [5, 5.41) is 21.5. The molecule has 38 heavy (non-hydrogen) atoms. The van der Waals surface area contributed by atoms with Crippen molar-refractivity contribution >= 4 is 53.8 Å². The highest BCUT2D eigenvalue weighted by Gasteiger charge is 2.53. The SMILES string of the molecule is CC(C)C(=O)SCCOP(=O)(OCCSC(=O)C(C)C)OC[C@H]1O[C@@H](n2ccc(=O)[nH]c2=S)C(C)(O)[C@H]1O. The van der Waals surface area contributed by atoms with Gasteiger partial charge in [-0.2, -0.15) is 0 Å². The van der Waals surface area contributed by atoms with Crippen LogP contribution in [0.15, 0.2) is 17.1 Å². The van der Waals surface area contributed by atoms with Crippen LogP contribution >= 0.6 is 43.6 Å². The van der Waals surface area contributed by atoms with Crippen molar-refractivity contribution in [1.29, 1.82) is 0 Å². The first-order chi connectivity index (χ1) is 17.7. The summed E-state index contributed by atoms with van der Waals surface area (Å²) in [6.45, 7) is 7.64. The molecular weight excluding hydrogens is 579 g/mol. The van der Waals surface area contributed by atoms with Crippen LogP contribution in [0.25, 0.3) is 0 Å². The van der Waals surface area contributed by atoms with Crippen molar-refractivity contribution < 1.29 is 42.7 Å². The fraction of sp³-hybridized carbons (Fsp3) is 0.727. The first-order valence-electron chi connectivity index (χ1n) is 11.9. The topological polar surface area (TPSA) is 166 Å². The van der Waals surface area contributed by atoms with Gasteiger partial charge in [0.1, 0.15) is 17.8 Å². The van der Waals surface area contributed by atoms with Crippen molar-refractivity contribution in [2.45, 2.75) is 58.7 Å². The first-order valence-corrected chi connectivity index (χ1v) is 15.8. The number of aromatic nitrogens is 2. The van der Waals surface area contributed by atoms with E-state index < -0.39 is 44.0 Å². The lowest BCUT2D eigenvalue weighted by Crippen LogP contribution is -2.44. The summed E-state index contributed by atoms with van der Waals surface area (Å²) in [6.07, 6.45) is -2.53. The van der Waals surface area contributed by atoms with E-state index in [1.54, 1.807) is 27.7 Å². The largest absolute Gasteiger partial charge is 0.474 e. The lowest BCUT2D eigenvalue weighted by molar-refractivity contribution is -0.114. The Morgan fingerprint density at radius 2 is 1.68 bits per heavy atom. The predicted molar refractivity (Wildman–Crippen MR) is 146 cm³/mol. The summed E-state index contributed by atoms with van der Waals surface area (Å²) in [5.74, 6) is 0.0657. The zero-order valence-corrected chi connectivity index (χ0v) is 25.2. The Kier molecular flexibility index (Phi) is 12.9. The van der Waals surface area contributed by atoms with Crippen molar-refractivity contribution in [3.8, 4) is 0 Å². The van der Waals surface area contributed by atoms with Crippen molar-refractivity contribution in [3.63, 3.8) is 0 Å². The maximum Gasteiger partial charge on any atom is 0.474 e. The molecule has 0 aliphatic carbocycles. The van der Waals surface area contributed by atoms with Crippen LogP contribution in [0.1, 0.15) is 40.8 Å². The molecule has 3 N–H and O–H groups in total. The highest BCUT2D eigenvalue weighted by molar-refractivity contribution is 8.13. The summed E-state index contributed by atoms with van der Waals surface area (Å²) in [5.41, 5.74) is -2.29. The molecule has 16 heteroatoms. The standard InChI is InChI=1S/C22H35N2O10PS3/c1-13(2)18(27)37-10-8-31-35(30,32-9-11-38-19(28)14(3)4)33-12-15-17(26)22(5,29)20(34-15)24-7-6-16(25)23-21(24)36/h6-7,13-15,17,20,26,29H,8-12H2,1-5H3,(H,23,25,36)/t15-,17+,20-,22?/m1/s1. The number of carbonyl (C=O) groups excluding carboxylic acids is 2. The van der Waals surface area contributed by atoms with Crippen LogP contribution in [0.5, 0.6) is 0 Å². The number of ether oxygens (including phenoxy) is 1. The average molecular weight is 615 g/mol. The van der Waals surface area contributed by atoms with Gasteiger partial charge in [-0.25, -0.2) is 4.57 Å². The maximum absolute atomic E-state index is 13.3. The van der Waals surface area contributed by atoms with E-state index in [0.717, 1.165) is 23.5 Å². The summed E-state index contributed by atoms with van der Waals surface area (Å²) < 4.78 is 36.6. The second-order valence-corrected chi connectivity index (χ2v) is 13.5. The van der Waals surface area contributed by atoms with Gasteiger partial charge in [0.15, 0.2) is 21.2 Å². The second-order valence-electron chi connectivity index (χ2n) is 9.27. The highest BCUT2D eigenvalue weighted by Crippen LogP contribution is 2.51. The van der Waals surface area contributed by atoms with Gasteiger partial charge >= 0.3 is 7.82 Å². The molecule has 12 nitrogen and oxygen atoms in total. The fourth-order valence-corrected chi connectivity index (χ4v) is 6.27. The molecule has 1 aliphatic rings. The average Bonchev–Trinajstić information content (AvgIpc) is 3.06. The summed E-state index contributed by atoms with van der Waals surface area (Å²) in [7, 11) is -4.21. The molecular formula is C22H35N2O10PS3. The third-order valence-electron chi connectivity index (χ3n) is 5.35. The predicted octanol–water partition coefficient (Wildman–Crippen LogP) is 2.90. The summed E-state index contributed by atoms with van der Waals surface area (Å²) in [6, 6.07) is 1.19. The van der Waals surface area contributed by atoms with Crippen LogP contribution in [-0.4, -0.2) is 79.1 Å². The highest BCUT2D eigenvalue weighted by atomic mass is 32.2. The van der Waals surface area contributed by atoms with Gasteiger partial charge in [0.25, 0.3) is 5.56 Å². The minimum atomic E-state index is -4.21. The second kappa shape index (κ2) is 14.7. The Labute approximate surface area is 234 Å². The van der Waals surface area contributed by atoms with Gasteiger partial charge in [-0.05, 0) is 19.1 Å². The van der Waals surface area contributed by atoms with Crippen LogP contribution in [0, 0.1) is 16.6 Å². The van der Waals surface area contributed by atoms with E-state index in [1.807, 2.05) is 0 Å². The minimum absolute atomic E-state index is 0.0317. The number of nitrogens with one attached hydrogen (secondary N) is 1. The van der Waals surface area contributed by atoms with E-state index in [-0.39, 0.29) is 51.6 Å². The van der Waals surface area contributed by atoms with Crippen molar-refractivity contribution in [3.05, 3.63) is 27.4 Å².